The molecule has 36 heavy (non-hydrogen) atoms. The number of hydrogen-bond acceptors (Lipinski definition) is 6. The molecule has 192 valence electrons. The molecular weight excluding hydrogens is 460 g/mol. The third-order valence-corrected chi connectivity index (χ3v) is 4.83. The number of pyridine rings is 1. The summed E-state index contributed by atoms with van der Waals surface area (Å²) < 4.78 is 12.4. The minimum Gasteiger partial charge on any atom is -0.460 e. The number of amides is 2. The molecule has 0 atom stereocenters. The highest BCUT2D eigenvalue weighted by molar-refractivity contribution is 5.94. The van der Waals surface area contributed by atoms with Crippen LogP contribution in [0.4, 0.5) is 4.79 Å². The van der Waals surface area contributed by atoms with E-state index < -0.39 is 17.3 Å². The monoisotopic (exact) mass is 494 g/mol. The van der Waals surface area contributed by atoms with E-state index in [0.717, 1.165) is 22.5 Å². The number of carbonyl (C=O) groups is 3. The van der Waals surface area contributed by atoms with Gasteiger partial charge in [-0.25, -0.2) is 9.78 Å². The number of hydrogen-bond donors (Lipinski definition) is 2. The fraction of sp³-hybridized carbons (Fsp3) is 0.407. The Morgan fingerprint density at radius 1 is 0.861 bits per heavy atom. The van der Waals surface area contributed by atoms with Gasteiger partial charge in [-0.3, -0.25) is 9.59 Å². The summed E-state index contributed by atoms with van der Waals surface area (Å²) in [6, 6.07) is 10.9. The van der Waals surface area contributed by atoms with Gasteiger partial charge in [0.05, 0.1) is 12.1 Å². The topological polar surface area (TPSA) is 111 Å². The fourth-order valence-corrected chi connectivity index (χ4v) is 3.34. The quantitative estimate of drug-likeness (QED) is 0.468. The first-order valence-electron chi connectivity index (χ1n) is 11.8. The van der Waals surface area contributed by atoms with E-state index in [4.69, 9.17) is 9.47 Å². The van der Waals surface area contributed by atoms with Crippen LogP contribution in [-0.4, -0.2) is 45.1 Å². The average molecular weight is 495 g/mol. The molecule has 0 unspecified atom stereocenters. The molecule has 0 aliphatic heterocycles. The molecule has 2 amide bonds. The van der Waals surface area contributed by atoms with Crippen molar-refractivity contribution in [2.75, 3.05) is 6.54 Å². The van der Waals surface area contributed by atoms with Crippen LogP contribution in [0, 0.1) is 0 Å². The SMILES string of the molecule is CC(C)(C)OC(=O)CCNC(=O)c1ccc(-c2cn3cc(CNC(=O)OC(C)(C)C)ccc3n2)cc1. The van der Waals surface area contributed by atoms with Gasteiger partial charge in [0.25, 0.3) is 5.91 Å². The average Bonchev–Trinajstić information content (AvgIpc) is 3.19. The highest BCUT2D eigenvalue weighted by Gasteiger charge is 2.17. The lowest BCUT2D eigenvalue weighted by molar-refractivity contribution is -0.154. The zero-order valence-corrected chi connectivity index (χ0v) is 21.7. The predicted molar refractivity (Wildman–Crippen MR) is 136 cm³/mol. The second-order valence-corrected chi connectivity index (χ2v) is 10.5. The van der Waals surface area contributed by atoms with Crippen LogP contribution in [-0.2, 0) is 20.8 Å². The van der Waals surface area contributed by atoms with Gasteiger partial charge in [0.1, 0.15) is 16.8 Å². The standard InChI is InChI=1S/C27H34N4O5/c1-26(2,3)35-23(32)13-14-28-24(33)20-10-8-19(9-11-20)21-17-31-16-18(7-12-22(31)30-21)15-29-25(34)36-27(4,5)6/h7-12,16-17H,13-15H2,1-6H3,(H,28,33)(H,29,34). The van der Waals surface area contributed by atoms with Crippen LogP contribution < -0.4 is 10.6 Å². The van der Waals surface area contributed by atoms with Gasteiger partial charge in [0.2, 0.25) is 0 Å². The van der Waals surface area contributed by atoms with Gasteiger partial charge in [-0.2, -0.15) is 0 Å². The number of carbonyl (C=O) groups excluding carboxylic acids is 3. The maximum absolute atomic E-state index is 12.4. The summed E-state index contributed by atoms with van der Waals surface area (Å²) in [5.41, 5.74) is 2.66. The molecule has 9 nitrogen and oxygen atoms in total. The lowest BCUT2D eigenvalue weighted by Gasteiger charge is -2.19. The summed E-state index contributed by atoms with van der Waals surface area (Å²) in [5, 5.41) is 5.48. The van der Waals surface area contributed by atoms with Crippen LogP contribution in [0.15, 0.2) is 48.8 Å². The Labute approximate surface area is 211 Å². The molecule has 2 aromatic heterocycles. The summed E-state index contributed by atoms with van der Waals surface area (Å²) in [6.45, 7) is 11.4. The van der Waals surface area contributed by atoms with Crippen molar-refractivity contribution in [1.29, 1.82) is 0 Å². The van der Waals surface area contributed by atoms with E-state index in [0.29, 0.717) is 12.1 Å². The number of esters is 1. The molecule has 1 aromatic carbocycles. The minimum absolute atomic E-state index is 0.109. The summed E-state index contributed by atoms with van der Waals surface area (Å²) in [6.07, 6.45) is 3.43. The summed E-state index contributed by atoms with van der Waals surface area (Å²) >= 11 is 0. The molecule has 3 rings (SSSR count). The van der Waals surface area contributed by atoms with E-state index in [1.807, 2.05) is 61.8 Å². The highest BCUT2D eigenvalue weighted by atomic mass is 16.6. The van der Waals surface area contributed by atoms with Gasteiger partial charge in [0.15, 0.2) is 0 Å². The molecule has 0 saturated heterocycles. The number of nitrogens with zero attached hydrogens (tertiary/aromatic N) is 2. The number of nitrogens with one attached hydrogen (secondary N) is 2. The zero-order chi connectivity index (χ0) is 26.5. The third-order valence-electron chi connectivity index (χ3n) is 4.83. The molecule has 9 heteroatoms. The van der Waals surface area contributed by atoms with Crippen LogP contribution >= 0.6 is 0 Å². The largest absolute Gasteiger partial charge is 0.460 e. The zero-order valence-electron chi connectivity index (χ0n) is 21.7. The van der Waals surface area contributed by atoms with Gasteiger partial charge >= 0.3 is 12.1 Å². The summed E-state index contributed by atoms with van der Waals surface area (Å²) in [4.78, 5) is 40.7. The Morgan fingerprint density at radius 2 is 1.53 bits per heavy atom. The van der Waals surface area contributed by atoms with Gasteiger partial charge in [0, 0.05) is 36.6 Å². The number of rotatable bonds is 7. The number of imidazole rings is 1. The minimum atomic E-state index is -0.552. The van der Waals surface area contributed by atoms with Gasteiger partial charge in [-0.15, -0.1) is 0 Å². The van der Waals surface area contributed by atoms with E-state index in [9.17, 15) is 14.4 Å². The number of fused-ring (bicyclic) bond motifs is 1. The summed E-state index contributed by atoms with van der Waals surface area (Å²) in [7, 11) is 0. The maximum Gasteiger partial charge on any atom is 0.407 e. The van der Waals surface area contributed by atoms with Crippen molar-refractivity contribution in [3.63, 3.8) is 0 Å². The number of aromatic nitrogens is 2. The first kappa shape index (κ1) is 26.7. The molecule has 2 heterocycles. The molecule has 0 saturated carbocycles. The first-order valence-corrected chi connectivity index (χ1v) is 11.8. The number of benzene rings is 1. The lowest BCUT2D eigenvalue weighted by atomic mass is 10.1. The second kappa shape index (κ2) is 10.8. The van der Waals surface area contributed by atoms with E-state index in [-0.39, 0.29) is 24.8 Å². The van der Waals surface area contributed by atoms with Crippen LogP contribution in [0.25, 0.3) is 16.9 Å². The Bertz CT molecular complexity index is 1230. The molecule has 3 aromatic rings. The van der Waals surface area contributed by atoms with E-state index in [1.165, 1.54) is 0 Å². The molecule has 0 spiro atoms. The Kier molecular flexibility index (Phi) is 8.02. The highest BCUT2D eigenvalue weighted by Crippen LogP contribution is 2.20. The van der Waals surface area contributed by atoms with Crippen molar-refractivity contribution in [2.45, 2.75) is 65.7 Å². The van der Waals surface area contributed by atoms with Crippen LogP contribution in [0.1, 0.15) is 63.9 Å². The van der Waals surface area contributed by atoms with Crippen LogP contribution in [0.2, 0.25) is 0 Å². The van der Waals surface area contributed by atoms with E-state index in [1.54, 1.807) is 32.9 Å². The lowest BCUT2D eigenvalue weighted by Crippen LogP contribution is -2.32. The Morgan fingerprint density at radius 3 is 2.17 bits per heavy atom. The van der Waals surface area contributed by atoms with Crippen molar-refractivity contribution in [2.24, 2.45) is 0 Å². The number of ether oxygens (including phenoxy) is 2. The van der Waals surface area contributed by atoms with Crippen LogP contribution in [0.5, 0.6) is 0 Å². The van der Waals surface area contributed by atoms with Crippen molar-refractivity contribution in [1.82, 2.24) is 20.0 Å². The van der Waals surface area contributed by atoms with Crippen molar-refractivity contribution < 1.29 is 23.9 Å². The third kappa shape index (κ3) is 8.11. The number of alkyl carbamates (subject to hydrolysis) is 1. The predicted octanol–water partition coefficient (Wildman–Crippen LogP) is 4.49. The van der Waals surface area contributed by atoms with Crippen molar-refractivity contribution in [3.05, 3.63) is 59.9 Å². The van der Waals surface area contributed by atoms with Crippen LogP contribution in [0.3, 0.4) is 0 Å². The molecule has 2 N–H and O–H groups in total. The second-order valence-electron chi connectivity index (χ2n) is 10.5. The molecule has 0 radical (unpaired) electrons. The maximum atomic E-state index is 12.4. The fourth-order valence-electron chi connectivity index (χ4n) is 3.34. The van der Waals surface area contributed by atoms with Gasteiger partial charge in [-0.1, -0.05) is 18.2 Å². The Balaban J connectivity index is 1.58. The first-order chi connectivity index (χ1) is 16.8. The molecule has 0 fully saturated rings. The molecule has 0 aliphatic rings. The van der Waals surface area contributed by atoms with E-state index in [2.05, 4.69) is 15.6 Å². The smallest absolute Gasteiger partial charge is 0.407 e. The summed E-state index contributed by atoms with van der Waals surface area (Å²) in [5.74, 6) is -0.615. The Hall–Kier alpha value is -3.88. The molecule has 0 aliphatic carbocycles. The normalized spacial score (nSPS) is 11.7. The van der Waals surface area contributed by atoms with Crippen molar-refractivity contribution in [3.8, 4) is 11.3 Å². The molecule has 0 bridgehead atoms. The van der Waals surface area contributed by atoms with Gasteiger partial charge in [-0.05, 0) is 65.3 Å². The van der Waals surface area contributed by atoms with Gasteiger partial charge < -0.3 is 24.5 Å². The van der Waals surface area contributed by atoms with Crippen molar-refractivity contribution >= 4 is 23.6 Å². The van der Waals surface area contributed by atoms with E-state index >= 15 is 0 Å². The molecular formula is C27H34N4O5.